The number of hydrogen-bond donors (Lipinski definition) is 3. The summed E-state index contributed by atoms with van der Waals surface area (Å²) < 4.78 is 13.2. The van der Waals surface area contributed by atoms with Gasteiger partial charge in [0, 0.05) is 18.2 Å². The van der Waals surface area contributed by atoms with Gasteiger partial charge in [-0.3, -0.25) is 9.59 Å². The number of hydrogen-bond acceptors (Lipinski definition) is 4. The van der Waals surface area contributed by atoms with Crippen molar-refractivity contribution in [2.45, 2.75) is 39.2 Å². The highest BCUT2D eigenvalue weighted by molar-refractivity contribution is 7.18. The van der Waals surface area contributed by atoms with Gasteiger partial charge in [-0.05, 0) is 43.2 Å². The Morgan fingerprint density at radius 2 is 2.04 bits per heavy atom. The maximum atomic E-state index is 13.2. The minimum Gasteiger partial charge on any atom is -0.347 e. The predicted molar refractivity (Wildman–Crippen MR) is 103 cm³/mol. The smallest absolute Gasteiger partial charge is 0.261 e. The fraction of sp³-hybridized carbons (Fsp3) is 0.368. The van der Waals surface area contributed by atoms with E-state index < -0.39 is 11.7 Å². The molecule has 0 radical (unpaired) electrons. The topological polar surface area (TPSA) is 84.2 Å². The van der Waals surface area contributed by atoms with Crippen LogP contribution >= 0.6 is 11.3 Å². The molecule has 7 heteroatoms. The standard InChI is InChI=1S/C19H24FN3O2S/c1-3-4-8-15(11-21)22-19(25)17-12(2)9-16(26-17)23-18(24)13-6-5-7-14(20)10-13/h5-7,9-10,15H,3-4,8,11,21H2,1-2H3,(H,22,25)(H,23,24). The zero-order chi connectivity index (χ0) is 19.1. The van der Waals surface area contributed by atoms with E-state index >= 15 is 0 Å². The fourth-order valence-corrected chi connectivity index (χ4v) is 3.50. The highest BCUT2D eigenvalue weighted by Crippen LogP contribution is 2.27. The Bertz CT molecular complexity index is 776. The van der Waals surface area contributed by atoms with Gasteiger partial charge in [0.2, 0.25) is 0 Å². The quantitative estimate of drug-likeness (QED) is 0.656. The third-order valence-corrected chi connectivity index (χ3v) is 5.12. The average Bonchev–Trinajstić information content (AvgIpc) is 2.98. The van der Waals surface area contributed by atoms with Gasteiger partial charge in [0.15, 0.2) is 0 Å². The van der Waals surface area contributed by atoms with E-state index in [1.54, 1.807) is 6.07 Å². The zero-order valence-electron chi connectivity index (χ0n) is 15.0. The highest BCUT2D eigenvalue weighted by atomic mass is 32.1. The van der Waals surface area contributed by atoms with E-state index in [1.807, 2.05) is 6.92 Å². The van der Waals surface area contributed by atoms with E-state index in [2.05, 4.69) is 17.6 Å². The Morgan fingerprint density at radius 1 is 1.27 bits per heavy atom. The Kier molecular flexibility index (Phi) is 7.29. The second kappa shape index (κ2) is 9.45. The van der Waals surface area contributed by atoms with Crippen molar-refractivity contribution in [3.63, 3.8) is 0 Å². The van der Waals surface area contributed by atoms with Crippen LogP contribution in [0, 0.1) is 12.7 Å². The molecule has 1 aromatic carbocycles. The third-order valence-electron chi connectivity index (χ3n) is 3.97. The van der Waals surface area contributed by atoms with Crippen LogP contribution in [0.2, 0.25) is 0 Å². The summed E-state index contributed by atoms with van der Waals surface area (Å²) in [5.74, 6) is -1.08. The minimum atomic E-state index is -0.472. The summed E-state index contributed by atoms with van der Waals surface area (Å²) in [4.78, 5) is 25.2. The van der Waals surface area contributed by atoms with Crippen molar-refractivity contribution >= 4 is 28.2 Å². The first-order valence-corrected chi connectivity index (χ1v) is 9.44. The van der Waals surface area contributed by atoms with Crippen LogP contribution in [0.4, 0.5) is 9.39 Å². The molecule has 1 aromatic heterocycles. The Morgan fingerprint density at radius 3 is 2.69 bits per heavy atom. The molecule has 4 N–H and O–H groups in total. The van der Waals surface area contributed by atoms with Crippen LogP contribution in [0.15, 0.2) is 30.3 Å². The normalized spacial score (nSPS) is 11.8. The summed E-state index contributed by atoms with van der Waals surface area (Å²) in [5, 5.41) is 6.20. The van der Waals surface area contributed by atoms with Crippen LogP contribution in [0.3, 0.4) is 0 Å². The van der Waals surface area contributed by atoms with Crippen molar-refractivity contribution in [2.24, 2.45) is 5.73 Å². The van der Waals surface area contributed by atoms with Gasteiger partial charge in [-0.2, -0.15) is 0 Å². The third kappa shape index (κ3) is 5.37. The van der Waals surface area contributed by atoms with Crippen molar-refractivity contribution in [3.05, 3.63) is 52.2 Å². The van der Waals surface area contributed by atoms with Crippen molar-refractivity contribution in [1.29, 1.82) is 0 Å². The molecule has 0 bridgehead atoms. The van der Waals surface area contributed by atoms with Gasteiger partial charge in [-0.25, -0.2) is 4.39 Å². The molecule has 5 nitrogen and oxygen atoms in total. The number of unbranched alkanes of at least 4 members (excludes halogenated alkanes) is 1. The van der Waals surface area contributed by atoms with Gasteiger partial charge < -0.3 is 16.4 Å². The molecule has 0 spiro atoms. The molecule has 2 rings (SSSR count). The number of nitrogens with two attached hydrogens (primary N) is 1. The number of halogens is 1. The minimum absolute atomic E-state index is 0.0608. The van der Waals surface area contributed by atoms with Gasteiger partial charge >= 0.3 is 0 Å². The van der Waals surface area contributed by atoms with E-state index in [9.17, 15) is 14.0 Å². The molecular formula is C19H24FN3O2S. The SMILES string of the molecule is CCCCC(CN)NC(=O)c1sc(NC(=O)c2cccc(F)c2)cc1C. The second-order valence-electron chi connectivity index (χ2n) is 6.14. The number of amides is 2. The lowest BCUT2D eigenvalue weighted by molar-refractivity contribution is 0.0938. The van der Waals surface area contributed by atoms with Crippen molar-refractivity contribution in [1.82, 2.24) is 5.32 Å². The first-order chi connectivity index (χ1) is 12.4. The van der Waals surface area contributed by atoms with Crippen molar-refractivity contribution in [3.8, 4) is 0 Å². The lowest BCUT2D eigenvalue weighted by atomic mass is 10.1. The van der Waals surface area contributed by atoms with Crippen LogP contribution in [0.5, 0.6) is 0 Å². The number of carbonyl (C=O) groups excluding carboxylic acids is 2. The number of benzene rings is 1. The number of carbonyl (C=O) groups is 2. The second-order valence-corrected chi connectivity index (χ2v) is 7.19. The number of nitrogens with one attached hydrogen (secondary N) is 2. The molecule has 1 unspecified atom stereocenters. The summed E-state index contributed by atoms with van der Waals surface area (Å²) in [6, 6.07) is 7.14. The van der Waals surface area contributed by atoms with Crippen LogP contribution < -0.4 is 16.4 Å². The molecule has 0 saturated heterocycles. The van der Waals surface area contributed by atoms with Gasteiger partial charge in [-0.15, -0.1) is 11.3 Å². The van der Waals surface area contributed by atoms with Gasteiger partial charge in [-0.1, -0.05) is 25.8 Å². The summed E-state index contributed by atoms with van der Waals surface area (Å²) in [6.07, 6.45) is 2.88. The molecule has 0 aliphatic heterocycles. The van der Waals surface area contributed by atoms with E-state index in [1.165, 1.54) is 35.6 Å². The fourth-order valence-electron chi connectivity index (χ4n) is 2.53. The molecule has 0 saturated carbocycles. The van der Waals surface area contributed by atoms with E-state index in [0.29, 0.717) is 16.4 Å². The number of thiophene rings is 1. The van der Waals surface area contributed by atoms with Crippen LogP contribution in [0.1, 0.15) is 51.8 Å². The van der Waals surface area contributed by atoms with Crippen LogP contribution in [-0.4, -0.2) is 24.4 Å². The Labute approximate surface area is 156 Å². The summed E-state index contributed by atoms with van der Waals surface area (Å²) >= 11 is 1.19. The molecule has 26 heavy (non-hydrogen) atoms. The average molecular weight is 377 g/mol. The van der Waals surface area contributed by atoms with E-state index in [0.717, 1.165) is 24.8 Å². The van der Waals surface area contributed by atoms with Crippen LogP contribution in [-0.2, 0) is 0 Å². The van der Waals surface area contributed by atoms with Crippen molar-refractivity contribution in [2.75, 3.05) is 11.9 Å². The van der Waals surface area contributed by atoms with Crippen LogP contribution in [0.25, 0.3) is 0 Å². The lowest BCUT2D eigenvalue weighted by Crippen LogP contribution is -2.40. The number of rotatable bonds is 8. The van der Waals surface area contributed by atoms with Gasteiger partial charge in [0.1, 0.15) is 5.82 Å². The lowest BCUT2D eigenvalue weighted by Gasteiger charge is -2.16. The predicted octanol–water partition coefficient (Wildman–Crippen LogP) is 3.70. The van der Waals surface area contributed by atoms with Gasteiger partial charge in [0.25, 0.3) is 11.8 Å². The number of anilines is 1. The molecule has 1 heterocycles. The Balaban J connectivity index is 2.05. The molecule has 140 valence electrons. The summed E-state index contributed by atoms with van der Waals surface area (Å²) in [7, 11) is 0. The first kappa shape index (κ1) is 20.1. The molecular weight excluding hydrogens is 353 g/mol. The molecule has 2 aromatic rings. The highest BCUT2D eigenvalue weighted by Gasteiger charge is 2.18. The summed E-state index contributed by atoms with van der Waals surface area (Å²) in [5.41, 5.74) is 6.72. The Hall–Kier alpha value is -2.25. The maximum Gasteiger partial charge on any atom is 0.261 e. The summed E-state index contributed by atoms with van der Waals surface area (Å²) in [6.45, 7) is 4.29. The van der Waals surface area contributed by atoms with Crippen molar-refractivity contribution < 1.29 is 14.0 Å². The first-order valence-electron chi connectivity index (χ1n) is 8.62. The van der Waals surface area contributed by atoms with E-state index in [-0.39, 0.29) is 17.5 Å². The number of aryl methyl sites for hydroxylation is 1. The maximum absolute atomic E-state index is 13.2. The molecule has 0 aliphatic carbocycles. The van der Waals surface area contributed by atoms with E-state index in [4.69, 9.17) is 5.73 Å². The molecule has 1 atom stereocenters. The molecule has 0 aliphatic rings. The largest absolute Gasteiger partial charge is 0.347 e. The van der Waals surface area contributed by atoms with Gasteiger partial charge in [0.05, 0.1) is 9.88 Å². The molecule has 2 amide bonds. The molecule has 0 fully saturated rings. The zero-order valence-corrected chi connectivity index (χ0v) is 15.8. The monoisotopic (exact) mass is 377 g/mol.